The maximum Gasteiger partial charge on any atom is 0.251 e. The zero-order valence-corrected chi connectivity index (χ0v) is 24.5. The second kappa shape index (κ2) is 14.9. The summed E-state index contributed by atoms with van der Waals surface area (Å²) in [5.74, 6) is 1.12. The van der Waals surface area contributed by atoms with Crippen LogP contribution in [0.1, 0.15) is 68.3 Å². The van der Waals surface area contributed by atoms with Crippen molar-refractivity contribution in [2.75, 3.05) is 13.7 Å². The molecular formula is C31H42N2O6S. The number of carbonyl (C=O) groups is 2. The number of hydrogen-bond acceptors (Lipinski definition) is 7. The molecule has 40 heavy (non-hydrogen) atoms. The fraction of sp³-hybridized carbons (Fsp3) is 0.548. The number of aliphatic hydroxyl groups excluding tert-OH is 1. The Morgan fingerprint density at radius 3 is 2.60 bits per heavy atom. The lowest BCUT2D eigenvalue weighted by molar-refractivity contribution is -0.160. The van der Waals surface area contributed by atoms with Crippen LogP contribution in [0.4, 0.5) is 0 Å². The fourth-order valence-electron chi connectivity index (χ4n) is 5.91. The molecule has 2 amide bonds. The number of aliphatic hydroxyl groups is 1. The van der Waals surface area contributed by atoms with E-state index in [4.69, 9.17) is 14.0 Å². The lowest BCUT2D eigenvalue weighted by Gasteiger charge is -2.28. The molecule has 2 saturated carbocycles. The molecule has 2 aliphatic rings. The minimum absolute atomic E-state index is 0.0260. The van der Waals surface area contributed by atoms with Crippen molar-refractivity contribution in [3.63, 3.8) is 0 Å². The third kappa shape index (κ3) is 8.46. The van der Waals surface area contributed by atoms with Gasteiger partial charge in [0.1, 0.15) is 5.75 Å². The van der Waals surface area contributed by atoms with Crippen LogP contribution in [0.15, 0.2) is 53.4 Å². The molecule has 218 valence electrons. The molecule has 8 nitrogen and oxygen atoms in total. The number of ether oxygens (including phenoxy) is 1. The van der Waals surface area contributed by atoms with Crippen molar-refractivity contribution < 1.29 is 28.7 Å². The molecule has 2 aromatic carbocycles. The molecule has 0 saturated heterocycles. The van der Waals surface area contributed by atoms with Crippen molar-refractivity contribution in [2.24, 2.45) is 17.8 Å². The highest BCUT2D eigenvalue weighted by atomic mass is 32.2. The maximum absolute atomic E-state index is 13.5. The van der Waals surface area contributed by atoms with Gasteiger partial charge in [0.25, 0.3) is 5.91 Å². The molecule has 3 unspecified atom stereocenters. The normalized spacial score (nSPS) is 21.9. The van der Waals surface area contributed by atoms with E-state index in [2.05, 4.69) is 10.6 Å². The lowest BCUT2D eigenvalue weighted by Crippen LogP contribution is -2.47. The van der Waals surface area contributed by atoms with E-state index < -0.39 is 12.1 Å². The number of nitrogens with one attached hydrogen (secondary N) is 2. The van der Waals surface area contributed by atoms with Crippen LogP contribution in [0.5, 0.6) is 5.75 Å². The predicted molar refractivity (Wildman–Crippen MR) is 155 cm³/mol. The van der Waals surface area contributed by atoms with E-state index in [0.29, 0.717) is 35.2 Å². The van der Waals surface area contributed by atoms with Gasteiger partial charge in [0, 0.05) is 22.4 Å². The number of fused-ring (bicyclic) bond motifs is 2. The molecule has 0 aromatic heterocycles. The molecule has 0 radical (unpaired) electrons. The summed E-state index contributed by atoms with van der Waals surface area (Å²) < 4.78 is 10.8. The van der Waals surface area contributed by atoms with Gasteiger partial charge in [0.2, 0.25) is 5.91 Å². The summed E-state index contributed by atoms with van der Waals surface area (Å²) in [5, 5.41) is 17.6. The Hall–Kier alpha value is -2.59. The zero-order valence-electron chi connectivity index (χ0n) is 23.6. The molecule has 6 atom stereocenters. The standard InChI is InChI=1S/C31H42N2O6S/c1-4-12-38-25-17-24(18-26(19-25)40-39-37-3)31(36)33-28(15-21-8-6-5-7-9-21)29(34)13-20(2)30(35)32-27-16-22-10-11-23(27)14-22/h5-9,17-20,22-23,27-29,34H,4,10-16H2,1-3H3,(H,32,35)(H,33,36)/t20-,22?,23?,27?,28+,29+/m1/s1. The Balaban J connectivity index is 1.45. The van der Waals surface area contributed by atoms with Gasteiger partial charge in [-0.3, -0.25) is 9.59 Å². The number of benzene rings is 2. The maximum atomic E-state index is 13.5. The third-order valence-electron chi connectivity index (χ3n) is 8.00. The summed E-state index contributed by atoms with van der Waals surface area (Å²) in [6, 6.07) is 14.5. The van der Waals surface area contributed by atoms with Crippen molar-refractivity contribution in [3.8, 4) is 5.75 Å². The Kier molecular flexibility index (Phi) is 11.3. The first kappa shape index (κ1) is 30.4. The molecule has 4 rings (SSSR count). The van der Waals surface area contributed by atoms with E-state index >= 15 is 0 Å². The molecular weight excluding hydrogens is 528 g/mol. The van der Waals surface area contributed by atoms with E-state index in [1.807, 2.05) is 44.2 Å². The van der Waals surface area contributed by atoms with Gasteiger partial charge in [-0.15, -0.1) is 0 Å². The minimum Gasteiger partial charge on any atom is -0.494 e. The molecule has 9 heteroatoms. The van der Waals surface area contributed by atoms with Gasteiger partial charge >= 0.3 is 0 Å². The molecule has 2 fully saturated rings. The second-order valence-electron chi connectivity index (χ2n) is 11.1. The molecule has 2 bridgehead atoms. The topological polar surface area (TPSA) is 106 Å². The van der Waals surface area contributed by atoms with Crippen LogP contribution >= 0.6 is 12.0 Å². The van der Waals surface area contributed by atoms with Crippen molar-refractivity contribution in [2.45, 2.75) is 81.9 Å². The van der Waals surface area contributed by atoms with E-state index in [1.54, 1.807) is 18.2 Å². The quantitative estimate of drug-likeness (QED) is 0.156. The first-order chi connectivity index (χ1) is 19.4. The summed E-state index contributed by atoms with van der Waals surface area (Å²) in [6.07, 6.45) is 5.33. The number of carbonyl (C=O) groups excluding carboxylic acids is 2. The summed E-state index contributed by atoms with van der Waals surface area (Å²) >= 11 is 0.980. The molecule has 0 spiro atoms. The van der Waals surface area contributed by atoms with Crippen molar-refractivity contribution in [1.82, 2.24) is 10.6 Å². The van der Waals surface area contributed by atoms with E-state index in [0.717, 1.165) is 36.4 Å². The first-order valence-electron chi connectivity index (χ1n) is 14.3. The molecule has 0 aliphatic heterocycles. The molecule has 2 aliphatic carbocycles. The minimum atomic E-state index is -0.921. The van der Waals surface area contributed by atoms with Gasteiger partial charge in [-0.1, -0.05) is 50.6 Å². The molecule has 0 heterocycles. The van der Waals surface area contributed by atoms with E-state index in [-0.39, 0.29) is 30.2 Å². The monoisotopic (exact) mass is 570 g/mol. The van der Waals surface area contributed by atoms with Crippen LogP contribution < -0.4 is 15.4 Å². The van der Waals surface area contributed by atoms with Gasteiger partial charge in [-0.25, -0.2) is 4.89 Å². The van der Waals surface area contributed by atoms with Crippen molar-refractivity contribution in [1.29, 1.82) is 0 Å². The van der Waals surface area contributed by atoms with Crippen LogP contribution in [0.2, 0.25) is 0 Å². The smallest absolute Gasteiger partial charge is 0.251 e. The zero-order chi connectivity index (χ0) is 28.5. The Bertz CT molecular complexity index is 1090. The SMILES string of the molecule is CCCOc1cc(SOOC)cc(C(=O)N[C@@H](Cc2ccccc2)[C@@H](O)C[C@@H](C)C(=O)NC2CC3CCC2C3)c1. The van der Waals surface area contributed by atoms with Crippen LogP contribution in [-0.4, -0.2) is 48.8 Å². The lowest BCUT2D eigenvalue weighted by atomic mass is 9.92. The average Bonchev–Trinajstić information content (AvgIpc) is 3.58. The highest BCUT2D eigenvalue weighted by Crippen LogP contribution is 2.44. The van der Waals surface area contributed by atoms with Gasteiger partial charge in [0.15, 0.2) is 0 Å². The summed E-state index contributed by atoms with van der Waals surface area (Å²) in [6.45, 7) is 4.37. The van der Waals surface area contributed by atoms with Gasteiger partial charge in [0.05, 0.1) is 37.9 Å². The largest absolute Gasteiger partial charge is 0.494 e. The first-order valence-corrected chi connectivity index (χ1v) is 15.1. The fourth-order valence-corrected chi connectivity index (χ4v) is 6.40. The Morgan fingerprint density at radius 2 is 1.93 bits per heavy atom. The van der Waals surface area contributed by atoms with Crippen molar-refractivity contribution >= 4 is 23.9 Å². The van der Waals surface area contributed by atoms with Gasteiger partial charge < -0.3 is 20.5 Å². The Labute approximate surface area is 241 Å². The third-order valence-corrected chi connectivity index (χ3v) is 8.63. The average molecular weight is 571 g/mol. The summed E-state index contributed by atoms with van der Waals surface area (Å²) in [5.41, 5.74) is 1.36. The predicted octanol–water partition coefficient (Wildman–Crippen LogP) is 5.09. The highest BCUT2D eigenvalue weighted by molar-refractivity contribution is 7.94. The molecule has 3 N–H and O–H groups in total. The Morgan fingerprint density at radius 1 is 1.12 bits per heavy atom. The van der Waals surface area contributed by atoms with E-state index in [9.17, 15) is 14.7 Å². The van der Waals surface area contributed by atoms with Crippen LogP contribution in [0.3, 0.4) is 0 Å². The number of hydrogen-bond donors (Lipinski definition) is 3. The summed E-state index contributed by atoms with van der Waals surface area (Å²) in [7, 11) is 1.41. The summed E-state index contributed by atoms with van der Waals surface area (Å²) in [4.78, 5) is 31.9. The van der Waals surface area contributed by atoms with Crippen molar-refractivity contribution in [3.05, 3.63) is 59.7 Å². The van der Waals surface area contributed by atoms with Crippen LogP contribution in [-0.2, 0) is 20.4 Å². The van der Waals surface area contributed by atoms with Gasteiger partial charge in [-0.2, -0.15) is 4.33 Å². The van der Waals surface area contributed by atoms with Crippen LogP contribution in [0, 0.1) is 17.8 Å². The molecule has 2 aromatic rings. The van der Waals surface area contributed by atoms with E-state index in [1.165, 1.54) is 26.4 Å². The highest BCUT2D eigenvalue weighted by Gasteiger charge is 2.40. The number of rotatable bonds is 15. The van der Waals surface area contributed by atoms with Crippen LogP contribution in [0.25, 0.3) is 0 Å². The number of amides is 2. The van der Waals surface area contributed by atoms with Gasteiger partial charge in [-0.05, 0) is 74.1 Å². The second-order valence-corrected chi connectivity index (χ2v) is 11.9.